The lowest BCUT2D eigenvalue weighted by molar-refractivity contribution is -0.126. The van der Waals surface area contributed by atoms with E-state index in [2.05, 4.69) is 0 Å². The Morgan fingerprint density at radius 1 is 1.50 bits per heavy atom. The van der Waals surface area contributed by atoms with Gasteiger partial charge in [0.2, 0.25) is 0 Å². The van der Waals surface area contributed by atoms with Gasteiger partial charge < -0.3 is 15.6 Å². The molecule has 0 aromatic rings. The molecule has 0 spiro atoms. The third-order valence-corrected chi connectivity index (χ3v) is 1.61. The lowest BCUT2D eigenvalue weighted by atomic mass is 10.0. The first-order chi connectivity index (χ1) is 6.31. The minimum atomic E-state index is -4.49. The number of aliphatic hydroxyl groups excluding tert-OH is 2. The van der Waals surface area contributed by atoms with Gasteiger partial charge in [0, 0.05) is 5.57 Å². The van der Waals surface area contributed by atoms with Crippen molar-refractivity contribution in [3.05, 3.63) is 11.8 Å². The molecule has 0 saturated heterocycles. The predicted molar refractivity (Wildman–Crippen MR) is 45.4 cm³/mol. The fourth-order valence-corrected chi connectivity index (χ4v) is 0.844. The average molecular weight is 211 g/mol. The highest BCUT2D eigenvalue weighted by Gasteiger charge is 2.31. The van der Waals surface area contributed by atoms with E-state index in [0.717, 1.165) is 0 Å². The van der Waals surface area contributed by atoms with Crippen LogP contribution in [0.2, 0.25) is 0 Å². The lowest BCUT2D eigenvalue weighted by Gasteiger charge is -2.14. The fraction of sp³-hybridized carbons (Fsp3) is 0.625. The molecular formula is C8H12F3NO2. The van der Waals surface area contributed by atoms with Gasteiger partial charge in [-0.2, -0.15) is 13.2 Å². The zero-order valence-electron chi connectivity index (χ0n) is 7.60. The molecule has 0 rings (SSSR count). The molecule has 1 unspecified atom stereocenters. The van der Waals surface area contributed by atoms with E-state index in [9.17, 15) is 13.2 Å². The average Bonchev–Trinajstić information content (AvgIpc) is 2.10. The largest absolute Gasteiger partial charge is 0.515 e. The van der Waals surface area contributed by atoms with Crippen molar-refractivity contribution in [2.75, 3.05) is 0 Å². The molecule has 82 valence electrons. The summed E-state index contributed by atoms with van der Waals surface area (Å²) in [6.45, 7) is 1.53. The van der Waals surface area contributed by atoms with Crippen LogP contribution in [0.3, 0.4) is 0 Å². The third-order valence-electron chi connectivity index (χ3n) is 1.61. The van der Waals surface area contributed by atoms with Crippen molar-refractivity contribution in [2.24, 2.45) is 0 Å². The Kier molecular flexibility index (Phi) is 4.62. The normalized spacial score (nSPS) is 15.4. The summed E-state index contributed by atoms with van der Waals surface area (Å²) < 4.78 is 35.7. The molecule has 0 amide bonds. The highest BCUT2D eigenvalue weighted by atomic mass is 19.4. The Hall–Kier alpha value is -1.04. The highest BCUT2D eigenvalue weighted by Crippen LogP contribution is 2.25. The van der Waals surface area contributed by atoms with Gasteiger partial charge in [-0.25, -0.2) is 0 Å². The number of aliphatic hydroxyl groups is 2. The second-order valence-corrected chi connectivity index (χ2v) is 2.78. The first kappa shape index (κ1) is 13.0. The predicted octanol–water partition coefficient (Wildman–Crippen LogP) is 2.17. The third kappa shape index (κ3) is 4.27. The number of rotatable bonds is 4. The molecule has 3 N–H and O–H groups in total. The van der Waals surface area contributed by atoms with Crippen LogP contribution in [-0.2, 0) is 0 Å². The molecule has 3 nitrogen and oxygen atoms in total. The van der Waals surface area contributed by atoms with Crippen LogP contribution in [0.1, 0.15) is 19.8 Å². The van der Waals surface area contributed by atoms with E-state index in [-0.39, 0.29) is 12.7 Å². The van der Waals surface area contributed by atoms with Gasteiger partial charge in [-0.05, 0) is 6.42 Å². The van der Waals surface area contributed by atoms with Crippen LogP contribution in [0.5, 0.6) is 0 Å². The smallest absolute Gasteiger partial charge is 0.393 e. The number of nitrogens with one attached hydrogen (secondary N) is 1. The van der Waals surface area contributed by atoms with Crippen LogP contribution in [0, 0.1) is 5.41 Å². The molecular weight excluding hydrogens is 199 g/mol. The number of hydrogen-bond donors (Lipinski definition) is 3. The molecule has 1 atom stereocenters. The van der Waals surface area contributed by atoms with Crippen LogP contribution < -0.4 is 0 Å². The monoisotopic (exact) mass is 211 g/mol. The summed E-state index contributed by atoms with van der Waals surface area (Å²) in [6, 6.07) is 0. The van der Waals surface area contributed by atoms with Crippen LogP contribution in [0.15, 0.2) is 11.8 Å². The number of halogens is 3. The van der Waals surface area contributed by atoms with Gasteiger partial charge in [-0.1, -0.05) is 6.92 Å². The van der Waals surface area contributed by atoms with Crippen molar-refractivity contribution in [1.82, 2.24) is 0 Å². The van der Waals surface area contributed by atoms with Crippen LogP contribution >= 0.6 is 0 Å². The summed E-state index contributed by atoms with van der Waals surface area (Å²) in [5.74, 6) is 0. The Morgan fingerprint density at radius 3 is 2.29 bits per heavy atom. The van der Waals surface area contributed by atoms with Gasteiger partial charge in [0.05, 0.1) is 24.5 Å². The minimum absolute atomic E-state index is 0.133. The van der Waals surface area contributed by atoms with Crippen molar-refractivity contribution >= 4 is 5.71 Å². The molecule has 0 saturated carbocycles. The summed E-state index contributed by atoms with van der Waals surface area (Å²) in [5, 5.41) is 24.7. The fourth-order valence-electron chi connectivity index (χ4n) is 0.844. The van der Waals surface area contributed by atoms with Gasteiger partial charge in [0.25, 0.3) is 0 Å². The molecule has 0 aliphatic carbocycles. The minimum Gasteiger partial charge on any atom is -0.515 e. The van der Waals surface area contributed by atoms with Gasteiger partial charge in [0.15, 0.2) is 0 Å². The van der Waals surface area contributed by atoms with Crippen LogP contribution in [-0.4, -0.2) is 28.2 Å². The molecule has 0 aromatic carbocycles. The van der Waals surface area contributed by atoms with Crippen molar-refractivity contribution in [2.45, 2.75) is 32.0 Å². The van der Waals surface area contributed by atoms with E-state index in [1.165, 1.54) is 6.92 Å². The Labute approximate surface area is 79.4 Å². The number of alkyl halides is 3. The summed E-state index contributed by atoms with van der Waals surface area (Å²) in [6.07, 6.45) is -6.81. The van der Waals surface area contributed by atoms with E-state index in [0.29, 0.717) is 0 Å². The van der Waals surface area contributed by atoms with E-state index in [1.54, 1.807) is 0 Å². The highest BCUT2D eigenvalue weighted by molar-refractivity contribution is 6.00. The molecule has 0 aromatic heterocycles. The lowest BCUT2D eigenvalue weighted by Crippen LogP contribution is -2.23. The molecule has 0 aliphatic heterocycles. The van der Waals surface area contributed by atoms with Crippen molar-refractivity contribution in [3.63, 3.8) is 0 Å². The van der Waals surface area contributed by atoms with Crippen molar-refractivity contribution in [1.29, 1.82) is 5.41 Å². The molecule has 0 heterocycles. The topological polar surface area (TPSA) is 64.3 Å². The van der Waals surface area contributed by atoms with E-state index in [4.69, 9.17) is 15.6 Å². The Balaban J connectivity index is 4.53. The maximum atomic E-state index is 11.9. The molecule has 0 aliphatic rings. The maximum absolute atomic E-state index is 11.9. The maximum Gasteiger partial charge on any atom is 0.393 e. The molecule has 6 heteroatoms. The molecule has 0 radical (unpaired) electrons. The summed E-state index contributed by atoms with van der Waals surface area (Å²) in [4.78, 5) is 0. The van der Waals surface area contributed by atoms with E-state index < -0.39 is 30.0 Å². The van der Waals surface area contributed by atoms with Gasteiger partial charge in [0.1, 0.15) is 0 Å². The summed E-state index contributed by atoms with van der Waals surface area (Å²) >= 11 is 0. The summed E-state index contributed by atoms with van der Waals surface area (Å²) in [5.41, 5.74) is -1.20. The van der Waals surface area contributed by atoms with Gasteiger partial charge >= 0.3 is 6.18 Å². The zero-order chi connectivity index (χ0) is 11.4. The Bertz CT molecular complexity index is 235. The molecule has 0 fully saturated rings. The van der Waals surface area contributed by atoms with Gasteiger partial charge in [-0.3, -0.25) is 0 Å². The SMILES string of the molecule is CCC(O)C(=N)/C(=C\O)CC(F)(F)F. The van der Waals surface area contributed by atoms with Crippen molar-refractivity contribution < 1.29 is 23.4 Å². The zero-order valence-corrected chi connectivity index (χ0v) is 7.60. The second-order valence-electron chi connectivity index (χ2n) is 2.78. The second kappa shape index (κ2) is 4.99. The van der Waals surface area contributed by atoms with Crippen LogP contribution in [0.4, 0.5) is 13.2 Å². The molecule has 0 bridgehead atoms. The first-order valence-corrected chi connectivity index (χ1v) is 3.98. The van der Waals surface area contributed by atoms with Crippen molar-refractivity contribution in [3.8, 4) is 0 Å². The van der Waals surface area contributed by atoms with Gasteiger partial charge in [-0.15, -0.1) is 0 Å². The summed E-state index contributed by atoms with van der Waals surface area (Å²) in [7, 11) is 0. The number of hydrogen-bond acceptors (Lipinski definition) is 3. The quantitative estimate of drug-likeness (QED) is 0.493. The first-order valence-electron chi connectivity index (χ1n) is 3.98. The molecule has 14 heavy (non-hydrogen) atoms. The standard InChI is InChI=1S/C8H12F3NO2/c1-2-6(14)7(12)5(4-13)3-8(9,10)11/h4,6,12-14H,2-3H2,1H3/b5-4-,12-7?. The van der Waals surface area contributed by atoms with Crippen LogP contribution in [0.25, 0.3) is 0 Å². The van der Waals surface area contributed by atoms with E-state index in [1.807, 2.05) is 0 Å². The van der Waals surface area contributed by atoms with E-state index >= 15 is 0 Å². The Morgan fingerprint density at radius 2 is 2.00 bits per heavy atom.